The summed E-state index contributed by atoms with van der Waals surface area (Å²) in [6.07, 6.45) is 0.692. The van der Waals surface area contributed by atoms with Gasteiger partial charge in [0, 0.05) is 13.1 Å². The fourth-order valence-electron chi connectivity index (χ4n) is 3.82. The zero-order chi connectivity index (χ0) is 29.4. The van der Waals surface area contributed by atoms with E-state index in [2.05, 4.69) is 5.32 Å². The number of carbonyl (C=O) groups excluding carboxylic acids is 2. The Morgan fingerprint density at radius 3 is 2.23 bits per heavy atom. The van der Waals surface area contributed by atoms with Crippen LogP contribution in [0, 0.1) is 5.82 Å². The van der Waals surface area contributed by atoms with Crippen LogP contribution in [0.4, 0.5) is 10.1 Å². The number of benzene rings is 3. The summed E-state index contributed by atoms with van der Waals surface area (Å²) in [7, 11) is -2.85. The number of rotatable bonds is 12. The minimum Gasteiger partial charge on any atom is -0.497 e. The summed E-state index contributed by atoms with van der Waals surface area (Å²) in [6.45, 7) is 3.16. The van der Waals surface area contributed by atoms with Gasteiger partial charge in [-0.05, 0) is 79.6 Å². The fourth-order valence-corrected chi connectivity index (χ4v) is 5.56. The van der Waals surface area contributed by atoms with Crippen LogP contribution in [0.3, 0.4) is 0 Å². The van der Waals surface area contributed by atoms with E-state index in [0.717, 1.165) is 16.4 Å². The van der Waals surface area contributed by atoms with Gasteiger partial charge in [0.25, 0.3) is 10.0 Å². The second-order valence-corrected chi connectivity index (χ2v) is 11.6. The zero-order valence-electron chi connectivity index (χ0n) is 22.2. The molecule has 0 saturated carbocycles. The Balaban J connectivity index is 2.02. The lowest BCUT2D eigenvalue weighted by Gasteiger charge is -2.32. The van der Waals surface area contributed by atoms with E-state index in [0.29, 0.717) is 29.3 Å². The van der Waals surface area contributed by atoms with Crippen LogP contribution in [0.2, 0.25) is 10.0 Å². The van der Waals surface area contributed by atoms with Crippen molar-refractivity contribution in [2.45, 2.75) is 37.8 Å². The lowest BCUT2D eigenvalue weighted by Crippen LogP contribution is -2.51. The maximum Gasteiger partial charge on any atom is 0.264 e. The molecule has 0 heterocycles. The first-order chi connectivity index (χ1) is 19.0. The molecule has 3 aromatic carbocycles. The standard InChI is InChI=1S/C28H30Cl2FN3O5S/c1-4-15-32-28(36)19(2)33(17-20-5-14-25(29)26(30)16-20)27(35)18-34(22-8-6-21(31)7-9-22)40(37,38)24-12-10-23(39-3)11-13-24/h5-14,16,19H,4,15,17-18H2,1-3H3,(H,32,36). The van der Waals surface area contributed by atoms with E-state index in [-0.39, 0.29) is 22.2 Å². The molecule has 0 fully saturated rings. The predicted molar refractivity (Wildman–Crippen MR) is 154 cm³/mol. The molecule has 40 heavy (non-hydrogen) atoms. The Labute approximate surface area is 243 Å². The molecule has 0 spiro atoms. The van der Waals surface area contributed by atoms with E-state index in [1.807, 2.05) is 6.92 Å². The molecule has 3 aromatic rings. The Bertz CT molecular complexity index is 1440. The van der Waals surface area contributed by atoms with E-state index >= 15 is 0 Å². The number of anilines is 1. The number of halogens is 3. The lowest BCUT2D eigenvalue weighted by atomic mass is 10.1. The van der Waals surface area contributed by atoms with Crippen LogP contribution in [0.25, 0.3) is 0 Å². The third-order valence-corrected chi connectivity index (χ3v) is 8.62. The fraction of sp³-hybridized carbons (Fsp3) is 0.286. The minimum absolute atomic E-state index is 0.0454. The Kier molecular flexibility index (Phi) is 10.8. The highest BCUT2D eigenvalue weighted by Gasteiger charge is 2.32. The van der Waals surface area contributed by atoms with Gasteiger partial charge in [0.1, 0.15) is 24.2 Å². The Morgan fingerprint density at radius 2 is 1.65 bits per heavy atom. The molecule has 12 heteroatoms. The summed E-state index contributed by atoms with van der Waals surface area (Å²) in [5.41, 5.74) is 0.660. The lowest BCUT2D eigenvalue weighted by molar-refractivity contribution is -0.139. The molecule has 1 atom stereocenters. The van der Waals surface area contributed by atoms with Crippen LogP contribution in [-0.2, 0) is 26.2 Å². The molecule has 0 aliphatic rings. The van der Waals surface area contributed by atoms with Crippen LogP contribution < -0.4 is 14.4 Å². The van der Waals surface area contributed by atoms with Crippen molar-refractivity contribution in [2.75, 3.05) is 24.5 Å². The second-order valence-electron chi connectivity index (χ2n) is 8.90. The van der Waals surface area contributed by atoms with Crippen molar-refractivity contribution in [1.82, 2.24) is 10.2 Å². The van der Waals surface area contributed by atoms with Crippen molar-refractivity contribution in [3.8, 4) is 5.75 Å². The van der Waals surface area contributed by atoms with Crippen LogP contribution in [-0.4, -0.2) is 51.4 Å². The number of hydrogen-bond acceptors (Lipinski definition) is 5. The first-order valence-electron chi connectivity index (χ1n) is 12.4. The van der Waals surface area contributed by atoms with Gasteiger partial charge in [-0.2, -0.15) is 0 Å². The van der Waals surface area contributed by atoms with Gasteiger partial charge >= 0.3 is 0 Å². The SMILES string of the molecule is CCCNC(=O)C(C)N(Cc1ccc(Cl)c(Cl)c1)C(=O)CN(c1ccc(F)cc1)S(=O)(=O)c1ccc(OC)cc1. The average Bonchev–Trinajstić information content (AvgIpc) is 2.95. The monoisotopic (exact) mass is 609 g/mol. The van der Waals surface area contributed by atoms with Gasteiger partial charge < -0.3 is 15.0 Å². The maximum absolute atomic E-state index is 13.8. The number of amides is 2. The quantitative estimate of drug-likeness (QED) is 0.301. The highest BCUT2D eigenvalue weighted by atomic mass is 35.5. The van der Waals surface area contributed by atoms with E-state index in [1.54, 1.807) is 25.1 Å². The zero-order valence-corrected chi connectivity index (χ0v) is 24.6. The number of nitrogens with zero attached hydrogens (tertiary/aromatic N) is 2. The third kappa shape index (κ3) is 7.65. The number of nitrogens with one attached hydrogen (secondary N) is 1. The summed E-state index contributed by atoms with van der Waals surface area (Å²) < 4.78 is 47.3. The molecule has 8 nitrogen and oxygen atoms in total. The highest BCUT2D eigenvalue weighted by Crippen LogP contribution is 2.27. The smallest absolute Gasteiger partial charge is 0.264 e. The van der Waals surface area contributed by atoms with E-state index in [1.165, 1.54) is 48.4 Å². The van der Waals surface area contributed by atoms with E-state index in [9.17, 15) is 22.4 Å². The number of hydrogen-bond donors (Lipinski definition) is 1. The molecule has 1 N–H and O–H groups in total. The summed E-state index contributed by atoms with van der Waals surface area (Å²) in [6, 6.07) is 14.3. The topological polar surface area (TPSA) is 96.0 Å². The van der Waals surface area contributed by atoms with Crippen molar-refractivity contribution < 1.29 is 27.1 Å². The van der Waals surface area contributed by atoms with Gasteiger partial charge in [0.05, 0.1) is 27.7 Å². The summed E-state index contributed by atoms with van der Waals surface area (Å²) >= 11 is 12.2. The first kappa shape index (κ1) is 31.2. The van der Waals surface area contributed by atoms with Gasteiger partial charge in [0.15, 0.2) is 0 Å². The summed E-state index contributed by atoms with van der Waals surface area (Å²) in [4.78, 5) is 27.9. The number of ether oxygens (including phenoxy) is 1. The Morgan fingerprint density at radius 1 is 1.00 bits per heavy atom. The van der Waals surface area contributed by atoms with Gasteiger partial charge in [-0.15, -0.1) is 0 Å². The third-order valence-electron chi connectivity index (χ3n) is 6.09. The normalized spacial score (nSPS) is 11.9. The molecular formula is C28H30Cl2FN3O5S. The molecule has 0 saturated heterocycles. The minimum atomic E-state index is -4.30. The van der Waals surface area contributed by atoms with Crippen LogP contribution in [0.1, 0.15) is 25.8 Å². The van der Waals surface area contributed by atoms with Crippen LogP contribution >= 0.6 is 23.2 Å². The van der Waals surface area contributed by atoms with Gasteiger partial charge in [-0.25, -0.2) is 12.8 Å². The first-order valence-corrected chi connectivity index (χ1v) is 14.6. The van der Waals surface area contributed by atoms with E-state index in [4.69, 9.17) is 27.9 Å². The van der Waals surface area contributed by atoms with E-state index < -0.39 is 40.2 Å². The second kappa shape index (κ2) is 13.8. The van der Waals surface area contributed by atoms with Crippen molar-refractivity contribution in [1.29, 1.82) is 0 Å². The largest absolute Gasteiger partial charge is 0.497 e. The number of sulfonamides is 1. The molecule has 214 valence electrons. The molecule has 3 rings (SSSR count). The van der Waals surface area contributed by atoms with Gasteiger partial charge in [-0.3, -0.25) is 13.9 Å². The Hall–Kier alpha value is -3.34. The maximum atomic E-state index is 13.8. The molecule has 0 aliphatic heterocycles. The summed E-state index contributed by atoms with van der Waals surface area (Å²) in [5, 5.41) is 3.36. The highest BCUT2D eigenvalue weighted by molar-refractivity contribution is 7.92. The number of methoxy groups -OCH3 is 1. The molecule has 0 aliphatic carbocycles. The van der Waals surface area contributed by atoms with Crippen LogP contribution in [0.15, 0.2) is 71.6 Å². The van der Waals surface area contributed by atoms with Crippen molar-refractivity contribution in [3.05, 3.63) is 88.2 Å². The molecule has 1 unspecified atom stereocenters. The van der Waals surface area contributed by atoms with Crippen molar-refractivity contribution >= 4 is 50.7 Å². The predicted octanol–water partition coefficient (Wildman–Crippen LogP) is 5.28. The van der Waals surface area contributed by atoms with Crippen molar-refractivity contribution in [3.63, 3.8) is 0 Å². The molecule has 2 amide bonds. The molecule has 0 aromatic heterocycles. The van der Waals surface area contributed by atoms with Gasteiger partial charge in [-0.1, -0.05) is 36.2 Å². The average molecular weight is 611 g/mol. The molecule has 0 radical (unpaired) electrons. The molecular weight excluding hydrogens is 580 g/mol. The van der Waals surface area contributed by atoms with Gasteiger partial charge in [0.2, 0.25) is 11.8 Å². The van der Waals surface area contributed by atoms with Crippen molar-refractivity contribution in [2.24, 2.45) is 0 Å². The summed E-state index contributed by atoms with van der Waals surface area (Å²) in [5.74, 6) is -1.18. The van der Waals surface area contributed by atoms with Crippen LogP contribution in [0.5, 0.6) is 5.75 Å². The number of carbonyl (C=O) groups is 2. The molecule has 0 bridgehead atoms.